The molecule has 0 saturated carbocycles. The number of para-hydroxylation sites is 1. The molecule has 226 valence electrons. The Hall–Kier alpha value is -4.61. The van der Waals surface area contributed by atoms with Crippen LogP contribution in [0.4, 0.5) is 10.7 Å². The lowest BCUT2D eigenvalue weighted by Gasteiger charge is -2.16. The fraction of sp³-hybridized carbons (Fsp3) is 0.303. The Kier molecular flexibility index (Phi) is 8.40. The number of amides is 2. The van der Waals surface area contributed by atoms with Gasteiger partial charge in [-0.15, -0.1) is 11.3 Å². The maximum absolute atomic E-state index is 13.9. The van der Waals surface area contributed by atoms with Crippen molar-refractivity contribution < 1.29 is 14.3 Å². The molecule has 0 radical (unpaired) electrons. The van der Waals surface area contributed by atoms with Crippen LogP contribution in [0, 0.1) is 5.41 Å². The molecule has 10 nitrogen and oxygen atoms in total. The van der Waals surface area contributed by atoms with Gasteiger partial charge in [-0.1, -0.05) is 24.3 Å². The quantitative estimate of drug-likeness (QED) is 0.152. The van der Waals surface area contributed by atoms with Crippen LogP contribution in [0.15, 0.2) is 65.6 Å². The van der Waals surface area contributed by atoms with Gasteiger partial charge < -0.3 is 19.9 Å². The third-order valence-electron chi connectivity index (χ3n) is 7.70. The number of hydrogen-bond acceptors (Lipinski definition) is 7. The number of nitrogens with zero attached hydrogens (tertiary/aromatic N) is 3. The van der Waals surface area contributed by atoms with Crippen LogP contribution in [0.5, 0.6) is 0 Å². The number of anilines is 2. The molecule has 0 unspecified atom stereocenters. The summed E-state index contributed by atoms with van der Waals surface area (Å²) in [5, 5.41) is 15.7. The summed E-state index contributed by atoms with van der Waals surface area (Å²) in [6, 6.07) is 15.9. The van der Waals surface area contributed by atoms with Crippen molar-refractivity contribution in [3.8, 4) is 0 Å². The highest BCUT2D eigenvalue weighted by Crippen LogP contribution is 2.38. The molecular formula is C33H34N6O4S. The smallest absolute Gasteiger partial charge is 0.267 e. The fourth-order valence-electron chi connectivity index (χ4n) is 5.60. The summed E-state index contributed by atoms with van der Waals surface area (Å²) in [5.74, 6) is -0.848. The SMILES string of the molecule is CC(C)OCCCn1c(=N)c(C(=O)Nc2sc3c(c2C(=O)Nc2ccccc2)CCCC3)cc2c(=O)n3ccccc3nc21. The van der Waals surface area contributed by atoms with Crippen LogP contribution >= 0.6 is 11.3 Å². The zero-order valence-electron chi connectivity index (χ0n) is 24.7. The van der Waals surface area contributed by atoms with Crippen molar-refractivity contribution in [3.63, 3.8) is 0 Å². The normalized spacial score (nSPS) is 12.9. The van der Waals surface area contributed by atoms with E-state index in [4.69, 9.17) is 15.1 Å². The molecule has 0 saturated heterocycles. The van der Waals surface area contributed by atoms with Gasteiger partial charge in [-0.05, 0) is 81.8 Å². The van der Waals surface area contributed by atoms with E-state index in [0.29, 0.717) is 47.1 Å². The number of pyridine rings is 2. The van der Waals surface area contributed by atoms with Gasteiger partial charge in [0.2, 0.25) is 0 Å². The zero-order chi connectivity index (χ0) is 30.8. The number of carbonyl (C=O) groups is 2. The van der Waals surface area contributed by atoms with Crippen LogP contribution in [-0.4, -0.2) is 38.5 Å². The van der Waals surface area contributed by atoms with Crippen molar-refractivity contribution in [1.82, 2.24) is 14.0 Å². The largest absolute Gasteiger partial charge is 0.379 e. The third-order valence-corrected chi connectivity index (χ3v) is 8.90. The van der Waals surface area contributed by atoms with Crippen molar-refractivity contribution in [2.24, 2.45) is 0 Å². The number of rotatable bonds is 9. The lowest BCUT2D eigenvalue weighted by Crippen LogP contribution is -2.32. The summed E-state index contributed by atoms with van der Waals surface area (Å²) in [6.07, 6.45) is 5.84. The summed E-state index contributed by atoms with van der Waals surface area (Å²) < 4.78 is 8.74. The van der Waals surface area contributed by atoms with Gasteiger partial charge in [0.05, 0.1) is 22.6 Å². The molecule has 0 fully saturated rings. The molecule has 1 aromatic carbocycles. The number of carbonyl (C=O) groups excluding carboxylic acids is 2. The number of benzene rings is 1. The molecule has 1 aliphatic carbocycles. The van der Waals surface area contributed by atoms with Crippen LogP contribution in [0.25, 0.3) is 16.7 Å². The predicted octanol–water partition coefficient (Wildman–Crippen LogP) is 5.39. The first-order valence-corrected chi connectivity index (χ1v) is 15.7. The molecule has 3 N–H and O–H groups in total. The number of nitrogens with one attached hydrogen (secondary N) is 3. The second-order valence-corrected chi connectivity index (χ2v) is 12.2. The minimum Gasteiger partial charge on any atom is -0.379 e. The summed E-state index contributed by atoms with van der Waals surface area (Å²) >= 11 is 1.41. The molecule has 0 atom stereocenters. The van der Waals surface area contributed by atoms with Gasteiger partial charge in [-0.2, -0.15) is 0 Å². The molecule has 0 bridgehead atoms. The Balaban J connectivity index is 1.41. The van der Waals surface area contributed by atoms with Crippen molar-refractivity contribution >= 4 is 50.5 Å². The van der Waals surface area contributed by atoms with Crippen LogP contribution < -0.4 is 21.7 Å². The van der Waals surface area contributed by atoms with E-state index in [-0.39, 0.29) is 34.0 Å². The molecule has 4 aromatic heterocycles. The maximum atomic E-state index is 13.9. The Morgan fingerprint density at radius 3 is 2.61 bits per heavy atom. The highest BCUT2D eigenvalue weighted by molar-refractivity contribution is 7.17. The molecule has 44 heavy (non-hydrogen) atoms. The van der Waals surface area contributed by atoms with Gasteiger partial charge in [0, 0.05) is 29.9 Å². The standard InChI is InChI=1S/C33H34N6O4S/c1-20(2)43-18-10-17-39-28(34)23(19-24-29(39)36-26-15-8-9-16-38(26)33(24)42)30(40)37-32-27(22-13-6-7-14-25(22)44-32)31(41)35-21-11-4-3-5-12-21/h3-5,8-9,11-12,15-16,19-20,34H,6-7,10,13-14,17-18H2,1-2H3,(H,35,41)(H,37,40). The third kappa shape index (κ3) is 5.80. The van der Waals surface area contributed by atoms with Crippen LogP contribution in [0.1, 0.15) is 64.3 Å². The molecule has 1 aliphatic rings. The van der Waals surface area contributed by atoms with Crippen molar-refractivity contribution in [2.75, 3.05) is 17.2 Å². The first-order valence-electron chi connectivity index (χ1n) is 14.8. The van der Waals surface area contributed by atoms with Gasteiger partial charge in [-0.3, -0.25) is 24.2 Å². The van der Waals surface area contributed by atoms with Crippen molar-refractivity contribution in [1.29, 1.82) is 5.41 Å². The van der Waals surface area contributed by atoms with E-state index in [1.165, 1.54) is 21.8 Å². The monoisotopic (exact) mass is 610 g/mol. The number of fused-ring (bicyclic) bond motifs is 3. The average Bonchev–Trinajstić information content (AvgIpc) is 3.38. The Morgan fingerprint density at radius 1 is 1.05 bits per heavy atom. The fourth-order valence-corrected chi connectivity index (χ4v) is 6.88. The molecular weight excluding hydrogens is 576 g/mol. The minimum atomic E-state index is -0.561. The Bertz CT molecular complexity index is 1990. The topological polar surface area (TPSA) is 131 Å². The van der Waals surface area contributed by atoms with E-state index < -0.39 is 5.91 Å². The van der Waals surface area contributed by atoms with E-state index >= 15 is 0 Å². The van der Waals surface area contributed by atoms with E-state index in [1.54, 1.807) is 29.0 Å². The van der Waals surface area contributed by atoms with Gasteiger partial charge in [0.25, 0.3) is 17.4 Å². The maximum Gasteiger partial charge on any atom is 0.267 e. The molecule has 11 heteroatoms. The number of aryl methyl sites for hydroxylation is 2. The van der Waals surface area contributed by atoms with Crippen LogP contribution in [0.3, 0.4) is 0 Å². The van der Waals surface area contributed by atoms with Gasteiger partial charge in [0.15, 0.2) is 0 Å². The number of thiophene rings is 1. The number of hydrogen-bond donors (Lipinski definition) is 3. The predicted molar refractivity (Wildman–Crippen MR) is 172 cm³/mol. The first-order chi connectivity index (χ1) is 21.3. The summed E-state index contributed by atoms with van der Waals surface area (Å²) in [6.45, 7) is 4.69. The lowest BCUT2D eigenvalue weighted by molar-refractivity contribution is 0.0748. The molecule has 0 spiro atoms. The molecule has 2 amide bonds. The highest BCUT2D eigenvalue weighted by Gasteiger charge is 2.27. The molecule has 5 aromatic rings. The van der Waals surface area contributed by atoms with Gasteiger partial charge >= 0.3 is 0 Å². The summed E-state index contributed by atoms with van der Waals surface area (Å²) in [4.78, 5) is 46.9. The lowest BCUT2D eigenvalue weighted by atomic mass is 9.95. The minimum absolute atomic E-state index is 0.0258. The summed E-state index contributed by atoms with van der Waals surface area (Å²) in [5.41, 5.74) is 2.50. The Morgan fingerprint density at radius 2 is 1.82 bits per heavy atom. The zero-order valence-corrected chi connectivity index (χ0v) is 25.5. The number of aromatic nitrogens is 3. The highest BCUT2D eigenvalue weighted by atomic mass is 32.1. The van der Waals surface area contributed by atoms with E-state index in [0.717, 1.165) is 36.1 Å². The van der Waals surface area contributed by atoms with E-state index in [2.05, 4.69) is 10.6 Å². The van der Waals surface area contributed by atoms with E-state index in [9.17, 15) is 14.4 Å². The van der Waals surface area contributed by atoms with Crippen molar-refractivity contribution in [3.05, 3.63) is 98.2 Å². The van der Waals surface area contributed by atoms with Gasteiger partial charge in [0.1, 0.15) is 21.8 Å². The average molecular weight is 611 g/mol. The van der Waals surface area contributed by atoms with E-state index in [1.807, 2.05) is 44.2 Å². The second-order valence-electron chi connectivity index (χ2n) is 11.1. The van der Waals surface area contributed by atoms with Crippen LogP contribution in [0.2, 0.25) is 0 Å². The summed E-state index contributed by atoms with van der Waals surface area (Å²) in [7, 11) is 0. The molecule has 0 aliphatic heterocycles. The number of ether oxygens (including phenoxy) is 1. The van der Waals surface area contributed by atoms with Gasteiger partial charge in [-0.25, -0.2) is 4.98 Å². The van der Waals surface area contributed by atoms with Crippen molar-refractivity contribution in [2.45, 2.75) is 58.6 Å². The molecule has 4 heterocycles. The Labute approximate surface area is 257 Å². The molecule has 6 rings (SSSR count). The second kappa shape index (κ2) is 12.6. The first kappa shape index (κ1) is 29.5. The van der Waals surface area contributed by atoms with Crippen LogP contribution in [-0.2, 0) is 24.1 Å².